The molecule has 164 valence electrons. The average molecular weight is 428 g/mol. The van der Waals surface area contributed by atoms with E-state index in [1.54, 1.807) is 0 Å². The second-order valence-corrected chi connectivity index (χ2v) is 10.5. The summed E-state index contributed by atoms with van der Waals surface area (Å²) in [5, 5.41) is 2.21. The Hall–Kier alpha value is -2.21. The number of benzene rings is 2. The minimum absolute atomic E-state index is 0.382. The van der Waals surface area contributed by atoms with E-state index in [0.29, 0.717) is 0 Å². The molecule has 2 aliphatic rings. The van der Waals surface area contributed by atoms with Crippen LogP contribution in [0.5, 0.6) is 0 Å². The van der Waals surface area contributed by atoms with Crippen LogP contribution in [0, 0.1) is 23.5 Å². The highest BCUT2D eigenvalue weighted by Gasteiger charge is 2.51. The Morgan fingerprint density at radius 2 is 0.844 bits per heavy atom. The molecule has 0 amide bonds. The van der Waals surface area contributed by atoms with E-state index in [0.717, 1.165) is 21.9 Å². The Kier molecular flexibility index (Phi) is 5.51. The number of hydrogen-bond acceptors (Lipinski definition) is 4. The summed E-state index contributed by atoms with van der Waals surface area (Å²) in [7, 11) is -1.05. The summed E-state index contributed by atoms with van der Waals surface area (Å²) in [4.78, 5) is 0. The van der Waals surface area contributed by atoms with Crippen molar-refractivity contribution in [2.75, 3.05) is 0 Å². The van der Waals surface area contributed by atoms with Gasteiger partial charge in [-0.3, -0.25) is 0 Å². The molecule has 0 radical (unpaired) electrons. The number of hydrogen-bond donors (Lipinski definition) is 0. The molecule has 6 heteroatoms. The van der Waals surface area contributed by atoms with Crippen LogP contribution in [0.4, 0.5) is 0 Å². The highest BCUT2D eigenvalue weighted by Crippen LogP contribution is 2.37. The third-order valence-corrected chi connectivity index (χ3v) is 7.02. The molecule has 0 atom stereocenters. The standard InChI is InChI=1S/C26H30B2O4/c1-23(2)24(3,4)30-27(29-23)15-13-19-9-11-22-18-20(10-12-21(22)17-19)14-16-28-31-25(5,6)26(7,8)32-28/h9-12,17-18H,1-8H3. The third kappa shape index (κ3) is 4.34. The zero-order chi connectivity index (χ0) is 23.4. The normalized spacial score (nSPS) is 22.2. The van der Waals surface area contributed by atoms with E-state index >= 15 is 0 Å². The van der Waals surface area contributed by atoms with Crippen molar-refractivity contribution in [1.82, 2.24) is 0 Å². The number of rotatable bonds is 0. The van der Waals surface area contributed by atoms with Gasteiger partial charge >= 0.3 is 14.2 Å². The predicted octanol–water partition coefficient (Wildman–Crippen LogP) is 4.81. The minimum Gasteiger partial charge on any atom is -0.392 e. The van der Waals surface area contributed by atoms with Gasteiger partial charge in [0.25, 0.3) is 0 Å². The molecule has 0 spiro atoms. The van der Waals surface area contributed by atoms with Gasteiger partial charge in [0.15, 0.2) is 0 Å². The zero-order valence-corrected chi connectivity index (χ0v) is 20.3. The summed E-state index contributed by atoms with van der Waals surface area (Å²) >= 11 is 0. The van der Waals surface area contributed by atoms with E-state index < -0.39 is 14.2 Å². The maximum absolute atomic E-state index is 5.95. The van der Waals surface area contributed by atoms with Crippen LogP contribution in [0.1, 0.15) is 66.5 Å². The molecular formula is C26H30B2O4. The summed E-state index contributed by atoms with van der Waals surface area (Å²) in [5.74, 6) is 12.6. The maximum atomic E-state index is 5.95. The summed E-state index contributed by atoms with van der Waals surface area (Å²) in [6, 6.07) is 12.3. The fourth-order valence-corrected chi connectivity index (χ4v) is 3.49. The Bertz CT molecular complexity index is 1050. The minimum atomic E-state index is -0.525. The second-order valence-electron chi connectivity index (χ2n) is 10.5. The van der Waals surface area contributed by atoms with Crippen molar-refractivity contribution in [2.45, 2.75) is 77.8 Å². The summed E-state index contributed by atoms with van der Waals surface area (Å²) in [6.07, 6.45) is 0. The molecule has 0 saturated carbocycles. The van der Waals surface area contributed by atoms with Crippen LogP contribution < -0.4 is 0 Å². The molecule has 2 fully saturated rings. The van der Waals surface area contributed by atoms with Gasteiger partial charge in [0.1, 0.15) is 0 Å². The molecule has 32 heavy (non-hydrogen) atoms. The zero-order valence-electron chi connectivity index (χ0n) is 20.3. The van der Waals surface area contributed by atoms with E-state index in [1.807, 2.05) is 67.5 Å². The van der Waals surface area contributed by atoms with E-state index in [-0.39, 0.29) is 22.4 Å². The molecule has 4 rings (SSSR count). The van der Waals surface area contributed by atoms with E-state index in [1.165, 1.54) is 0 Å². The molecule has 0 aromatic heterocycles. The van der Waals surface area contributed by atoms with Crippen LogP contribution in [-0.4, -0.2) is 36.6 Å². The van der Waals surface area contributed by atoms with E-state index in [4.69, 9.17) is 18.6 Å². The van der Waals surface area contributed by atoms with Crippen molar-refractivity contribution in [1.29, 1.82) is 0 Å². The van der Waals surface area contributed by atoms with Crippen molar-refractivity contribution in [3.8, 4) is 23.5 Å². The molecule has 0 bridgehead atoms. The molecule has 4 nitrogen and oxygen atoms in total. The van der Waals surface area contributed by atoms with Gasteiger partial charge in [-0.2, -0.15) is 0 Å². The lowest BCUT2D eigenvalue weighted by Gasteiger charge is -2.32. The van der Waals surface area contributed by atoms with Crippen molar-refractivity contribution < 1.29 is 18.6 Å². The largest absolute Gasteiger partial charge is 0.551 e. The lowest BCUT2D eigenvalue weighted by molar-refractivity contribution is 0.00578. The smallest absolute Gasteiger partial charge is 0.392 e. The van der Waals surface area contributed by atoms with Gasteiger partial charge in [0, 0.05) is 11.1 Å². The van der Waals surface area contributed by atoms with Gasteiger partial charge < -0.3 is 18.6 Å². The summed E-state index contributed by atoms with van der Waals surface area (Å²) in [6.45, 7) is 16.2. The first-order chi connectivity index (χ1) is 14.8. The third-order valence-electron chi connectivity index (χ3n) is 7.02. The fourth-order valence-electron chi connectivity index (χ4n) is 3.49. The molecule has 2 aromatic carbocycles. The van der Waals surface area contributed by atoms with Crippen molar-refractivity contribution in [3.05, 3.63) is 47.5 Å². The van der Waals surface area contributed by atoms with Crippen molar-refractivity contribution in [2.24, 2.45) is 0 Å². The molecule has 2 aliphatic heterocycles. The molecule has 0 unspecified atom stereocenters. The Morgan fingerprint density at radius 3 is 1.16 bits per heavy atom. The first-order valence-corrected chi connectivity index (χ1v) is 11.1. The van der Waals surface area contributed by atoms with Gasteiger partial charge in [0.2, 0.25) is 0 Å². The topological polar surface area (TPSA) is 36.9 Å². The monoisotopic (exact) mass is 428 g/mol. The fraction of sp³-hybridized carbons (Fsp3) is 0.462. The lowest BCUT2D eigenvalue weighted by Crippen LogP contribution is -2.41. The molecule has 0 aliphatic carbocycles. The highest BCUT2D eigenvalue weighted by atomic mass is 16.7. The van der Waals surface area contributed by atoms with Gasteiger partial charge in [-0.1, -0.05) is 35.6 Å². The molecule has 2 aromatic rings. The molecular weight excluding hydrogens is 398 g/mol. The molecule has 0 N–H and O–H groups in total. The van der Waals surface area contributed by atoms with Gasteiger partial charge in [-0.05, 0) is 90.4 Å². The van der Waals surface area contributed by atoms with Gasteiger partial charge in [-0.25, -0.2) is 0 Å². The van der Waals surface area contributed by atoms with E-state index in [2.05, 4.69) is 47.7 Å². The second kappa shape index (κ2) is 7.68. The average Bonchev–Trinajstić information content (AvgIpc) is 3.03. The Labute approximate surface area is 192 Å². The first kappa shape index (κ1) is 23.0. The van der Waals surface area contributed by atoms with Crippen LogP contribution in [0.25, 0.3) is 10.8 Å². The van der Waals surface area contributed by atoms with Crippen LogP contribution in [0.3, 0.4) is 0 Å². The maximum Gasteiger partial charge on any atom is 0.551 e. The quantitative estimate of drug-likeness (QED) is 0.446. The summed E-state index contributed by atoms with van der Waals surface area (Å²) in [5.41, 5.74) is 0.313. The van der Waals surface area contributed by atoms with Crippen LogP contribution >= 0.6 is 0 Å². The van der Waals surface area contributed by atoms with Crippen molar-refractivity contribution >= 4 is 25.0 Å². The van der Waals surface area contributed by atoms with Crippen LogP contribution in [-0.2, 0) is 18.6 Å². The van der Waals surface area contributed by atoms with Crippen LogP contribution in [0.2, 0.25) is 0 Å². The van der Waals surface area contributed by atoms with Crippen LogP contribution in [0.15, 0.2) is 36.4 Å². The van der Waals surface area contributed by atoms with Crippen molar-refractivity contribution in [3.63, 3.8) is 0 Å². The predicted molar refractivity (Wildman–Crippen MR) is 130 cm³/mol. The molecule has 2 heterocycles. The van der Waals surface area contributed by atoms with Gasteiger partial charge in [-0.15, -0.1) is 0 Å². The Balaban J connectivity index is 1.49. The molecule has 2 saturated heterocycles. The lowest BCUT2D eigenvalue weighted by atomic mass is 9.90. The summed E-state index contributed by atoms with van der Waals surface area (Å²) < 4.78 is 23.8. The van der Waals surface area contributed by atoms with E-state index in [9.17, 15) is 0 Å². The van der Waals surface area contributed by atoms with Gasteiger partial charge in [0.05, 0.1) is 22.4 Å². The number of fused-ring (bicyclic) bond motifs is 1. The highest BCUT2D eigenvalue weighted by molar-refractivity contribution is 6.55. The SMILES string of the molecule is CC1(C)OB(C#Cc2ccc3cc(C#CB4OC(C)(C)C(C)(C)O4)ccc3c2)OC1(C)C. The Morgan fingerprint density at radius 1 is 0.531 bits per heavy atom. The first-order valence-electron chi connectivity index (χ1n) is 11.1.